The van der Waals surface area contributed by atoms with Gasteiger partial charge in [0.05, 0.1) is 17.0 Å². The Morgan fingerprint density at radius 2 is 1.77 bits per heavy atom. The lowest BCUT2D eigenvalue weighted by Gasteiger charge is -2.11. The summed E-state index contributed by atoms with van der Waals surface area (Å²) < 4.78 is 38.1. The van der Waals surface area contributed by atoms with E-state index in [0.717, 1.165) is 5.56 Å². The number of anilines is 1. The summed E-state index contributed by atoms with van der Waals surface area (Å²) >= 11 is 6.17. The van der Waals surface area contributed by atoms with Gasteiger partial charge in [0.2, 0.25) is 10.0 Å². The van der Waals surface area contributed by atoms with Gasteiger partial charge in [0.1, 0.15) is 11.5 Å². The highest BCUT2D eigenvalue weighted by molar-refractivity contribution is 7.89. The van der Waals surface area contributed by atoms with Crippen molar-refractivity contribution in [3.8, 4) is 11.5 Å². The van der Waals surface area contributed by atoms with E-state index in [9.17, 15) is 13.2 Å². The summed E-state index contributed by atoms with van der Waals surface area (Å²) in [6, 6.07) is 20.1. The van der Waals surface area contributed by atoms with E-state index in [1.165, 1.54) is 25.3 Å². The zero-order valence-corrected chi connectivity index (χ0v) is 18.2. The average molecular weight is 461 g/mol. The van der Waals surface area contributed by atoms with E-state index in [1.807, 2.05) is 30.3 Å². The van der Waals surface area contributed by atoms with Crippen LogP contribution in [0, 0.1) is 0 Å². The van der Waals surface area contributed by atoms with Crippen LogP contribution in [-0.2, 0) is 21.4 Å². The predicted octanol–water partition coefficient (Wildman–Crippen LogP) is 3.84. The first kappa shape index (κ1) is 22.6. The lowest BCUT2D eigenvalue weighted by atomic mass is 10.2. The smallest absolute Gasteiger partial charge is 0.262 e. The number of halogens is 1. The Bertz CT molecular complexity index is 1150. The van der Waals surface area contributed by atoms with Gasteiger partial charge in [-0.2, -0.15) is 0 Å². The fraction of sp³-hybridized carbons (Fsp3) is 0.136. The van der Waals surface area contributed by atoms with Crippen molar-refractivity contribution in [1.82, 2.24) is 4.72 Å². The molecule has 1 amide bonds. The van der Waals surface area contributed by atoms with E-state index in [4.69, 9.17) is 21.1 Å². The zero-order chi connectivity index (χ0) is 22.3. The van der Waals surface area contributed by atoms with Crippen molar-refractivity contribution in [2.24, 2.45) is 0 Å². The molecule has 0 aliphatic rings. The molecule has 162 valence electrons. The van der Waals surface area contributed by atoms with Crippen LogP contribution in [0.4, 0.5) is 5.69 Å². The van der Waals surface area contributed by atoms with Crippen molar-refractivity contribution < 1.29 is 22.7 Å². The van der Waals surface area contributed by atoms with Gasteiger partial charge in [0.25, 0.3) is 5.91 Å². The number of carbonyl (C=O) groups is 1. The van der Waals surface area contributed by atoms with Gasteiger partial charge in [0.15, 0.2) is 6.61 Å². The molecule has 0 atom stereocenters. The molecule has 0 aliphatic carbocycles. The highest BCUT2D eigenvalue weighted by atomic mass is 35.5. The number of rotatable bonds is 9. The molecule has 0 radical (unpaired) electrons. The number of ether oxygens (including phenoxy) is 2. The molecule has 0 saturated heterocycles. The molecule has 2 N–H and O–H groups in total. The minimum atomic E-state index is -3.76. The Morgan fingerprint density at radius 1 is 1.00 bits per heavy atom. The third-order valence-electron chi connectivity index (χ3n) is 4.24. The molecule has 31 heavy (non-hydrogen) atoms. The number of sulfonamides is 1. The minimum absolute atomic E-state index is 0.00149. The topological polar surface area (TPSA) is 93.7 Å². The number of nitrogens with one attached hydrogen (secondary N) is 2. The van der Waals surface area contributed by atoms with E-state index in [2.05, 4.69) is 10.0 Å². The summed E-state index contributed by atoms with van der Waals surface area (Å²) in [6.07, 6.45) is 0. The van der Waals surface area contributed by atoms with Crippen molar-refractivity contribution in [2.45, 2.75) is 11.4 Å². The Labute approximate surface area is 186 Å². The standard InChI is InChI=1S/C22H21ClN2O5S/c1-29-18-9-5-8-17(12-18)25-22(26)15-30-21-11-10-19(13-20(21)23)31(27,28)24-14-16-6-3-2-4-7-16/h2-13,24H,14-15H2,1H3,(H,25,26). The summed E-state index contributed by atoms with van der Waals surface area (Å²) in [4.78, 5) is 12.1. The van der Waals surface area contributed by atoms with Crippen LogP contribution in [-0.4, -0.2) is 28.0 Å². The quantitative estimate of drug-likeness (QED) is 0.506. The molecule has 0 fully saturated rings. The molecule has 0 saturated carbocycles. The predicted molar refractivity (Wildman–Crippen MR) is 119 cm³/mol. The Kier molecular flexibility index (Phi) is 7.51. The van der Waals surface area contributed by atoms with Gasteiger partial charge in [-0.25, -0.2) is 13.1 Å². The second kappa shape index (κ2) is 10.3. The van der Waals surface area contributed by atoms with Crippen LogP contribution in [0.25, 0.3) is 0 Å². The number of carbonyl (C=O) groups excluding carboxylic acids is 1. The summed E-state index contributed by atoms with van der Waals surface area (Å²) in [6.45, 7) is -0.140. The van der Waals surface area contributed by atoms with Crippen LogP contribution in [0.3, 0.4) is 0 Å². The molecule has 0 aromatic heterocycles. The number of amides is 1. The number of methoxy groups -OCH3 is 1. The van der Waals surface area contributed by atoms with Crippen molar-refractivity contribution in [1.29, 1.82) is 0 Å². The molecule has 0 aliphatic heterocycles. The van der Waals surface area contributed by atoms with Crippen LogP contribution >= 0.6 is 11.6 Å². The lowest BCUT2D eigenvalue weighted by molar-refractivity contribution is -0.118. The Morgan fingerprint density at radius 3 is 2.48 bits per heavy atom. The summed E-state index contributed by atoms with van der Waals surface area (Å²) in [5.74, 6) is 0.412. The first-order valence-electron chi connectivity index (χ1n) is 9.27. The maximum Gasteiger partial charge on any atom is 0.262 e. The molecule has 3 aromatic rings. The summed E-state index contributed by atoms with van der Waals surface area (Å²) in [7, 11) is -2.22. The Balaban J connectivity index is 1.59. The highest BCUT2D eigenvalue weighted by Gasteiger charge is 2.16. The van der Waals surface area contributed by atoms with Crippen LogP contribution in [0.5, 0.6) is 11.5 Å². The second-order valence-electron chi connectivity index (χ2n) is 6.47. The number of hydrogen-bond acceptors (Lipinski definition) is 5. The van der Waals surface area contributed by atoms with Crippen molar-refractivity contribution in [2.75, 3.05) is 19.0 Å². The largest absolute Gasteiger partial charge is 0.497 e. The second-order valence-corrected chi connectivity index (χ2v) is 8.65. The van der Waals surface area contributed by atoms with Crippen LogP contribution in [0.1, 0.15) is 5.56 Å². The molecule has 9 heteroatoms. The minimum Gasteiger partial charge on any atom is -0.497 e. The molecule has 7 nitrogen and oxygen atoms in total. The van der Waals surface area contributed by atoms with Crippen LogP contribution < -0.4 is 19.5 Å². The molecular formula is C22H21ClN2O5S. The van der Waals surface area contributed by atoms with Gasteiger partial charge >= 0.3 is 0 Å². The molecule has 3 rings (SSSR count). The van der Waals surface area contributed by atoms with Gasteiger partial charge in [-0.1, -0.05) is 48.0 Å². The third kappa shape index (κ3) is 6.45. The van der Waals surface area contributed by atoms with Crippen LogP contribution in [0.15, 0.2) is 77.7 Å². The van der Waals surface area contributed by atoms with E-state index < -0.39 is 15.9 Å². The van der Waals surface area contributed by atoms with E-state index in [-0.39, 0.29) is 28.8 Å². The molecule has 0 spiro atoms. The SMILES string of the molecule is COc1cccc(NC(=O)COc2ccc(S(=O)(=O)NCc3ccccc3)cc2Cl)c1. The van der Waals surface area contributed by atoms with Crippen LogP contribution in [0.2, 0.25) is 5.02 Å². The van der Waals surface area contributed by atoms with E-state index >= 15 is 0 Å². The van der Waals surface area contributed by atoms with Gasteiger partial charge in [-0.15, -0.1) is 0 Å². The molecule has 0 unspecified atom stereocenters. The maximum atomic E-state index is 12.5. The van der Waals surface area contributed by atoms with Gasteiger partial charge in [-0.05, 0) is 35.9 Å². The molecule has 3 aromatic carbocycles. The van der Waals surface area contributed by atoms with E-state index in [0.29, 0.717) is 11.4 Å². The molecule has 0 bridgehead atoms. The van der Waals surface area contributed by atoms with Gasteiger partial charge in [-0.3, -0.25) is 4.79 Å². The van der Waals surface area contributed by atoms with Crippen molar-refractivity contribution in [3.63, 3.8) is 0 Å². The maximum absolute atomic E-state index is 12.5. The van der Waals surface area contributed by atoms with Gasteiger partial charge in [0, 0.05) is 18.3 Å². The summed E-state index contributed by atoms with van der Waals surface area (Å²) in [5, 5.41) is 2.76. The van der Waals surface area contributed by atoms with E-state index in [1.54, 1.807) is 24.3 Å². The fourth-order valence-electron chi connectivity index (χ4n) is 2.66. The number of benzene rings is 3. The average Bonchev–Trinajstić information content (AvgIpc) is 2.77. The number of hydrogen-bond donors (Lipinski definition) is 2. The monoisotopic (exact) mass is 460 g/mol. The Hall–Kier alpha value is -3.07. The molecule has 0 heterocycles. The fourth-order valence-corrected chi connectivity index (χ4v) is 4.01. The van der Waals surface area contributed by atoms with Crippen molar-refractivity contribution >= 4 is 33.2 Å². The highest BCUT2D eigenvalue weighted by Crippen LogP contribution is 2.27. The van der Waals surface area contributed by atoms with Gasteiger partial charge < -0.3 is 14.8 Å². The first-order valence-corrected chi connectivity index (χ1v) is 11.1. The first-order chi connectivity index (χ1) is 14.9. The van der Waals surface area contributed by atoms with Crippen molar-refractivity contribution in [3.05, 3.63) is 83.4 Å². The summed E-state index contributed by atoms with van der Waals surface area (Å²) in [5.41, 5.74) is 1.39. The normalized spacial score (nSPS) is 11.0. The third-order valence-corrected chi connectivity index (χ3v) is 5.93. The lowest BCUT2D eigenvalue weighted by Crippen LogP contribution is -2.23. The zero-order valence-electron chi connectivity index (χ0n) is 16.7. The molecular weight excluding hydrogens is 440 g/mol.